The zero-order chi connectivity index (χ0) is 12.4. The first-order valence-corrected chi connectivity index (χ1v) is 7.70. The molecule has 1 aliphatic heterocycles. The summed E-state index contributed by atoms with van der Waals surface area (Å²) >= 11 is 0. The van der Waals surface area contributed by atoms with Crippen molar-refractivity contribution < 1.29 is 4.21 Å². The number of fused-ring (bicyclic) bond motifs is 1. The van der Waals surface area contributed by atoms with E-state index in [4.69, 9.17) is 0 Å². The van der Waals surface area contributed by atoms with Gasteiger partial charge in [-0.05, 0) is 23.6 Å². The second-order valence-corrected chi connectivity index (χ2v) is 6.26. The van der Waals surface area contributed by atoms with Crippen LogP contribution in [-0.4, -0.2) is 28.0 Å². The van der Waals surface area contributed by atoms with E-state index in [0.717, 1.165) is 35.3 Å². The van der Waals surface area contributed by atoms with Crippen LogP contribution in [0.2, 0.25) is 0 Å². The number of hydrogen-bond acceptors (Lipinski definition) is 3. The summed E-state index contributed by atoms with van der Waals surface area (Å²) in [6, 6.07) is 10.0. The minimum atomic E-state index is -0.774. The number of aromatic nitrogens is 1. The second kappa shape index (κ2) is 5.16. The van der Waals surface area contributed by atoms with Gasteiger partial charge in [0.05, 0.1) is 5.52 Å². The summed E-state index contributed by atoms with van der Waals surface area (Å²) in [5.41, 5.74) is 2.13. The van der Waals surface area contributed by atoms with Crippen molar-refractivity contribution in [3.63, 3.8) is 0 Å². The lowest BCUT2D eigenvalue weighted by molar-refractivity contribution is 0.382. The highest BCUT2D eigenvalue weighted by Gasteiger charge is 2.19. The molecule has 0 bridgehead atoms. The minimum Gasteiger partial charge on any atom is -0.316 e. The van der Waals surface area contributed by atoms with Crippen molar-refractivity contribution in [3.05, 3.63) is 42.1 Å². The molecule has 1 saturated heterocycles. The van der Waals surface area contributed by atoms with Crippen molar-refractivity contribution in [3.8, 4) is 0 Å². The summed E-state index contributed by atoms with van der Waals surface area (Å²) in [6.07, 6.45) is 1.81. The molecule has 1 aromatic carbocycles. The predicted molar refractivity (Wildman–Crippen MR) is 74.8 cm³/mol. The van der Waals surface area contributed by atoms with E-state index in [1.165, 1.54) is 0 Å². The summed E-state index contributed by atoms with van der Waals surface area (Å²) in [7, 11) is -0.774. The first-order chi connectivity index (χ1) is 8.83. The Kier molecular flexibility index (Phi) is 3.39. The molecule has 1 aromatic heterocycles. The van der Waals surface area contributed by atoms with Gasteiger partial charge in [0.2, 0.25) is 0 Å². The summed E-state index contributed by atoms with van der Waals surface area (Å²) in [4.78, 5) is 4.33. The van der Waals surface area contributed by atoms with Gasteiger partial charge in [0.1, 0.15) is 0 Å². The van der Waals surface area contributed by atoms with Crippen molar-refractivity contribution in [1.29, 1.82) is 0 Å². The minimum absolute atomic E-state index is 0.596. The zero-order valence-corrected chi connectivity index (χ0v) is 11.0. The van der Waals surface area contributed by atoms with Crippen molar-refractivity contribution >= 4 is 21.7 Å². The Bertz CT molecular complexity index is 576. The largest absolute Gasteiger partial charge is 0.316 e. The number of benzene rings is 1. The van der Waals surface area contributed by atoms with Crippen LogP contribution in [0.15, 0.2) is 36.5 Å². The molecule has 0 aliphatic carbocycles. The molecule has 1 fully saturated rings. The van der Waals surface area contributed by atoms with E-state index in [1.54, 1.807) is 6.20 Å². The third-order valence-electron chi connectivity index (χ3n) is 3.34. The van der Waals surface area contributed by atoms with Gasteiger partial charge in [0.25, 0.3) is 0 Å². The van der Waals surface area contributed by atoms with E-state index in [0.29, 0.717) is 11.7 Å². The van der Waals surface area contributed by atoms with Crippen LogP contribution in [0.25, 0.3) is 10.9 Å². The number of para-hydroxylation sites is 1. The molecule has 2 heterocycles. The van der Waals surface area contributed by atoms with Crippen molar-refractivity contribution in [2.24, 2.45) is 5.92 Å². The Labute approximate surface area is 109 Å². The lowest BCUT2D eigenvalue weighted by Crippen LogP contribution is -2.44. The highest BCUT2D eigenvalue weighted by atomic mass is 32.2. The average Bonchev–Trinajstić information content (AvgIpc) is 2.34. The molecular weight excluding hydrogens is 244 g/mol. The number of pyridine rings is 1. The van der Waals surface area contributed by atoms with E-state index >= 15 is 0 Å². The smallest absolute Gasteiger partial charge is 0.0705 e. The van der Waals surface area contributed by atoms with Gasteiger partial charge in [0, 0.05) is 47.0 Å². The summed E-state index contributed by atoms with van der Waals surface area (Å²) in [5.74, 6) is 2.04. The third-order valence-corrected chi connectivity index (χ3v) is 4.82. The second-order valence-electron chi connectivity index (χ2n) is 4.76. The predicted octanol–water partition coefficient (Wildman–Crippen LogP) is 1.70. The van der Waals surface area contributed by atoms with Crippen LogP contribution in [-0.2, 0) is 16.6 Å². The molecule has 18 heavy (non-hydrogen) atoms. The summed E-state index contributed by atoms with van der Waals surface area (Å²) in [6.45, 7) is 2.03. The van der Waals surface area contributed by atoms with Gasteiger partial charge in [-0.3, -0.25) is 9.19 Å². The highest BCUT2D eigenvalue weighted by Crippen LogP contribution is 2.18. The molecule has 3 nitrogen and oxygen atoms in total. The Balaban J connectivity index is 1.79. The SMILES string of the molecule is O=S(Cc1ccnc2ccccc12)CC1CNC1. The van der Waals surface area contributed by atoms with Crippen molar-refractivity contribution in [2.45, 2.75) is 5.75 Å². The average molecular weight is 260 g/mol. The molecule has 0 radical (unpaired) electrons. The fourth-order valence-electron chi connectivity index (χ4n) is 2.24. The Morgan fingerprint density at radius 1 is 1.28 bits per heavy atom. The maximum Gasteiger partial charge on any atom is 0.0705 e. The molecule has 3 rings (SSSR count). The van der Waals surface area contributed by atoms with E-state index in [9.17, 15) is 4.21 Å². The number of hydrogen-bond donors (Lipinski definition) is 1. The normalized spacial score (nSPS) is 17.6. The fourth-order valence-corrected chi connectivity index (χ4v) is 3.72. The van der Waals surface area contributed by atoms with Crippen LogP contribution in [0.3, 0.4) is 0 Å². The third kappa shape index (κ3) is 2.44. The lowest BCUT2D eigenvalue weighted by atomic mass is 10.1. The standard InChI is InChI=1S/C14H16N2OS/c17-18(9-11-7-15-8-11)10-12-5-6-16-14-4-2-1-3-13(12)14/h1-6,11,15H,7-10H2. The van der Waals surface area contributed by atoms with Crippen LogP contribution in [0, 0.1) is 5.92 Å². The summed E-state index contributed by atoms with van der Waals surface area (Å²) < 4.78 is 12.1. The molecular formula is C14H16N2OS. The van der Waals surface area contributed by atoms with E-state index in [1.807, 2.05) is 24.3 Å². The van der Waals surface area contributed by atoms with E-state index in [-0.39, 0.29) is 0 Å². The highest BCUT2D eigenvalue weighted by molar-refractivity contribution is 7.84. The van der Waals surface area contributed by atoms with Gasteiger partial charge in [-0.2, -0.15) is 0 Å². The molecule has 0 amide bonds. The maximum atomic E-state index is 12.1. The molecule has 0 saturated carbocycles. The molecule has 0 spiro atoms. The van der Waals surface area contributed by atoms with Crippen LogP contribution in [0.1, 0.15) is 5.56 Å². The van der Waals surface area contributed by atoms with Gasteiger partial charge in [-0.15, -0.1) is 0 Å². The Hall–Kier alpha value is -1.26. The van der Waals surface area contributed by atoms with Gasteiger partial charge in [-0.25, -0.2) is 0 Å². The molecule has 1 aliphatic rings. The number of nitrogens with one attached hydrogen (secondary N) is 1. The van der Waals surface area contributed by atoms with Crippen molar-refractivity contribution in [1.82, 2.24) is 10.3 Å². The first kappa shape index (κ1) is 11.8. The van der Waals surface area contributed by atoms with E-state index in [2.05, 4.69) is 16.4 Å². The van der Waals surface area contributed by atoms with Gasteiger partial charge < -0.3 is 5.32 Å². The fraction of sp³-hybridized carbons (Fsp3) is 0.357. The maximum absolute atomic E-state index is 12.1. The van der Waals surface area contributed by atoms with Gasteiger partial charge in [0.15, 0.2) is 0 Å². The molecule has 1 atom stereocenters. The van der Waals surface area contributed by atoms with E-state index < -0.39 is 10.8 Å². The van der Waals surface area contributed by atoms with Crippen LogP contribution in [0.5, 0.6) is 0 Å². The van der Waals surface area contributed by atoms with Crippen LogP contribution < -0.4 is 5.32 Å². The monoisotopic (exact) mass is 260 g/mol. The summed E-state index contributed by atoms with van der Waals surface area (Å²) in [5, 5.41) is 4.34. The lowest BCUT2D eigenvalue weighted by Gasteiger charge is -2.26. The Morgan fingerprint density at radius 2 is 2.11 bits per heavy atom. The Morgan fingerprint density at radius 3 is 2.89 bits per heavy atom. The van der Waals surface area contributed by atoms with Crippen molar-refractivity contribution in [2.75, 3.05) is 18.8 Å². The molecule has 94 valence electrons. The molecule has 4 heteroatoms. The number of rotatable bonds is 4. The van der Waals surface area contributed by atoms with Crippen LogP contribution in [0.4, 0.5) is 0 Å². The van der Waals surface area contributed by atoms with Crippen LogP contribution >= 0.6 is 0 Å². The molecule has 2 aromatic rings. The van der Waals surface area contributed by atoms with Gasteiger partial charge >= 0.3 is 0 Å². The first-order valence-electron chi connectivity index (χ1n) is 6.21. The molecule has 1 N–H and O–H groups in total. The van der Waals surface area contributed by atoms with Gasteiger partial charge in [-0.1, -0.05) is 18.2 Å². The topological polar surface area (TPSA) is 42.0 Å². The molecule has 1 unspecified atom stereocenters. The quantitative estimate of drug-likeness (QED) is 0.910. The zero-order valence-electron chi connectivity index (χ0n) is 10.1. The number of nitrogens with zero attached hydrogens (tertiary/aromatic N) is 1.